The normalized spacial score (nSPS) is 14.8. The molecule has 1 saturated carbocycles. The number of hydrogen-bond acceptors (Lipinski definition) is 4. The molecule has 1 aliphatic carbocycles. The van der Waals surface area contributed by atoms with Gasteiger partial charge in [-0.05, 0) is 49.2 Å². The van der Waals surface area contributed by atoms with Gasteiger partial charge in [-0.2, -0.15) is 0 Å². The number of anilines is 1. The maximum Gasteiger partial charge on any atom is 0.319 e. The first-order valence-electron chi connectivity index (χ1n) is 9.12. The van der Waals surface area contributed by atoms with Crippen molar-refractivity contribution in [3.8, 4) is 0 Å². The number of benzene rings is 2. The minimum atomic E-state index is -3.26. The predicted molar refractivity (Wildman–Crippen MR) is 110 cm³/mol. The van der Waals surface area contributed by atoms with Crippen molar-refractivity contribution in [2.45, 2.75) is 40.7 Å². The summed E-state index contributed by atoms with van der Waals surface area (Å²) in [6.07, 6.45) is 3.44. The van der Waals surface area contributed by atoms with Crippen LogP contribution >= 0.6 is 11.8 Å². The summed E-state index contributed by atoms with van der Waals surface area (Å²) in [4.78, 5) is 13.5. The molecule has 2 aromatic rings. The van der Waals surface area contributed by atoms with Gasteiger partial charge in [0.25, 0.3) is 0 Å². The van der Waals surface area contributed by atoms with E-state index in [1.165, 1.54) is 4.90 Å². The van der Waals surface area contributed by atoms with E-state index in [2.05, 4.69) is 10.6 Å². The summed E-state index contributed by atoms with van der Waals surface area (Å²) in [7, 11) is -3.26. The van der Waals surface area contributed by atoms with Crippen LogP contribution in [0, 0.1) is 0 Å². The Balaban J connectivity index is 1.45. The van der Waals surface area contributed by atoms with E-state index in [0.717, 1.165) is 31.4 Å². The number of sulfone groups is 1. The molecule has 0 aromatic heterocycles. The summed E-state index contributed by atoms with van der Waals surface area (Å²) in [6.45, 7) is 0.541. The lowest BCUT2D eigenvalue weighted by atomic mass is 10.3. The van der Waals surface area contributed by atoms with E-state index in [-0.39, 0.29) is 11.3 Å². The lowest BCUT2D eigenvalue weighted by molar-refractivity contribution is 0.252. The van der Waals surface area contributed by atoms with Gasteiger partial charge in [0.15, 0.2) is 9.84 Å². The van der Waals surface area contributed by atoms with Crippen molar-refractivity contribution in [1.29, 1.82) is 0 Å². The quantitative estimate of drug-likeness (QED) is 0.532. The zero-order valence-corrected chi connectivity index (χ0v) is 16.7. The van der Waals surface area contributed by atoms with E-state index < -0.39 is 9.84 Å². The molecule has 0 atom stereocenters. The fraction of sp³-hybridized carbons (Fsp3) is 0.350. The molecular formula is C20H24N2O3S2. The third-order valence-electron chi connectivity index (χ3n) is 4.58. The van der Waals surface area contributed by atoms with Crippen LogP contribution in [0.15, 0.2) is 64.4 Å². The molecule has 7 heteroatoms. The number of carbonyl (C=O) groups is 1. The molecule has 2 N–H and O–H groups in total. The first-order valence-corrected chi connectivity index (χ1v) is 11.7. The highest BCUT2D eigenvalue weighted by Crippen LogP contribution is 2.30. The van der Waals surface area contributed by atoms with Crippen LogP contribution in [-0.4, -0.2) is 32.0 Å². The summed E-state index contributed by atoms with van der Waals surface area (Å²) in [5, 5.41) is 5.27. The Labute approximate surface area is 164 Å². The molecule has 0 spiro atoms. The average Bonchev–Trinajstić information content (AvgIpc) is 3.22. The predicted octanol–water partition coefficient (Wildman–Crippen LogP) is 4.32. The number of carbonyl (C=O) groups excluding carboxylic acids is 1. The topological polar surface area (TPSA) is 75.3 Å². The van der Waals surface area contributed by atoms with Crippen LogP contribution in [0.5, 0.6) is 0 Å². The molecule has 1 fully saturated rings. The van der Waals surface area contributed by atoms with Crippen molar-refractivity contribution in [3.05, 3.63) is 54.6 Å². The minimum Gasteiger partial charge on any atom is -0.337 e. The Hall–Kier alpha value is -1.99. The number of amides is 2. The van der Waals surface area contributed by atoms with E-state index in [4.69, 9.17) is 0 Å². The van der Waals surface area contributed by atoms with Gasteiger partial charge >= 0.3 is 6.03 Å². The molecule has 0 unspecified atom stereocenters. The SMILES string of the molecule is O=C(NCCSc1ccccc1)Nc1ccc(S(=O)(=O)C2CCCC2)cc1. The lowest BCUT2D eigenvalue weighted by Crippen LogP contribution is -2.30. The van der Waals surface area contributed by atoms with Crippen LogP contribution in [0.3, 0.4) is 0 Å². The van der Waals surface area contributed by atoms with E-state index >= 15 is 0 Å². The zero-order valence-electron chi connectivity index (χ0n) is 15.1. The first kappa shape index (κ1) is 19.8. The van der Waals surface area contributed by atoms with Gasteiger partial charge in [0, 0.05) is 22.9 Å². The molecule has 27 heavy (non-hydrogen) atoms. The summed E-state index contributed by atoms with van der Waals surface area (Å²) in [5.74, 6) is 0.774. The summed E-state index contributed by atoms with van der Waals surface area (Å²) >= 11 is 1.68. The first-order chi connectivity index (χ1) is 13.1. The van der Waals surface area contributed by atoms with Crippen molar-refractivity contribution in [3.63, 3.8) is 0 Å². The van der Waals surface area contributed by atoms with E-state index in [9.17, 15) is 13.2 Å². The van der Waals surface area contributed by atoms with E-state index in [1.54, 1.807) is 36.0 Å². The van der Waals surface area contributed by atoms with Crippen LogP contribution in [0.25, 0.3) is 0 Å². The highest BCUT2D eigenvalue weighted by molar-refractivity contribution is 7.99. The number of rotatable bonds is 7. The van der Waals surface area contributed by atoms with E-state index in [1.807, 2.05) is 30.3 Å². The Morgan fingerprint density at radius 2 is 1.67 bits per heavy atom. The molecule has 2 amide bonds. The number of thioether (sulfide) groups is 1. The van der Waals surface area contributed by atoms with Crippen LogP contribution in [0.2, 0.25) is 0 Å². The molecule has 0 saturated heterocycles. The van der Waals surface area contributed by atoms with Crippen molar-refractivity contribution in [2.24, 2.45) is 0 Å². The van der Waals surface area contributed by atoms with Gasteiger partial charge in [-0.15, -0.1) is 11.8 Å². The second-order valence-corrected chi connectivity index (χ2v) is 9.91. The lowest BCUT2D eigenvalue weighted by Gasteiger charge is -2.12. The minimum absolute atomic E-state index is 0.262. The zero-order chi connectivity index (χ0) is 19.1. The molecule has 0 heterocycles. The van der Waals surface area contributed by atoms with Gasteiger partial charge in [-0.1, -0.05) is 31.0 Å². The van der Waals surface area contributed by atoms with Crippen molar-refractivity contribution in [1.82, 2.24) is 5.32 Å². The molecular weight excluding hydrogens is 380 g/mol. The fourth-order valence-corrected chi connectivity index (χ4v) is 5.79. The van der Waals surface area contributed by atoms with Crippen LogP contribution in [-0.2, 0) is 9.84 Å². The number of nitrogens with one attached hydrogen (secondary N) is 2. The van der Waals surface area contributed by atoms with Gasteiger partial charge in [-0.3, -0.25) is 0 Å². The average molecular weight is 405 g/mol. The van der Waals surface area contributed by atoms with Crippen LogP contribution < -0.4 is 10.6 Å². The largest absolute Gasteiger partial charge is 0.337 e. The van der Waals surface area contributed by atoms with Crippen LogP contribution in [0.4, 0.5) is 10.5 Å². The monoisotopic (exact) mass is 404 g/mol. The highest BCUT2D eigenvalue weighted by Gasteiger charge is 2.30. The van der Waals surface area contributed by atoms with Gasteiger partial charge in [0.1, 0.15) is 0 Å². The third-order valence-corrected chi connectivity index (χ3v) is 7.87. The summed E-state index contributed by atoms with van der Waals surface area (Å²) in [5.41, 5.74) is 0.577. The fourth-order valence-electron chi connectivity index (χ4n) is 3.14. The third kappa shape index (κ3) is 5.49. The molecule has 5 nitrogen and oxygen atoms in total. The molecule has 0 aliphatic heterocycles. The smallest absolute Gasteiger partial charge is 0.319 e. The Kier molecular flexibility index (Phi) is 6.79. The standard InChI is InChI=1S/C20H24N2O3S2/c23-20(21-14-15-26-17-6-2-1-3-7-17)22-16-10-12-19(13-11-16)27(24,25)18-8-4-5-9-18/h1-3,6-7,10-13,18H,4-5,8-9,14-15H2,(H2,21,22,23). The molecule has 0 radical (unpaired) electrons. The van der Waals surface area contributed by atoms with Crippen LogP contribution in [0.1, 0.15) is 25.7 Å². The van der Waals surface area contributed by atoms with Gasteiger partial charge in [-0.25, -0.2) is 13.2 Å². The van der Waals surface area contributed by atoms with E-state index in [0.29, 0.717) is 17.1 Å². The summed E-state index contributed by atoms with van der Waals surface area (Å²) < 4.78 is 25.1. The highest BCUT2D eigenvalue weighted by atomic mass is 32.2. The second kappa shape index (κ2) is 9.28. The Bertz CT molecular complexity index is 847. The van der Waals surface area contributed by atoms with Crippen molar-refractivity contribution in [2.75, 3.05) is 17.6 Å². The number of urea groups is 1. The maximum atomic E-state index is 12.6. The molecule has 2 aromatic carbocycles. The molecule has 144 valence electrons. The van der Waals surface area contributed by atoms with Crippen molar-refractivity contribution >= 4 is 33.3 Å². The van der Waals surface area contributed by atoms with Gasteiger partial charge < -0.3 is 10.6 Å². The summed E-state index contributed by atoms with van der Waals surface area (Å²) in [6, 6.07) is 16.1. The second-order valence-electron chi connectivity index (χ2n) is 6.52. The van der Waals surface area contributed by atoms with Gasteiger partial charge in [0.2, 0.25) is 0 Å². The maximum absolute atomic E-state index is 12.6. The van der Waals surface area contributed by atoms with Crippen molar-refractivity contribution < 1.29 is 13.2 Å². The number of hydrogen-bond donors (Lipinski definition) is 2. The molecule has 0 bridgehead atoms. The Morgan fingerprint density at radius 3 is 2.33 bits per heavy atom. The molecule has 3 rings (SSSR count). The Morgan fingerprint density at radius 1 is 1.00 bits per heavy atom. The molecule has 1 aliphatic rings. The van der Waals surface area contributed by atoms with Gasteiger partial charge in [0.05, 0.1) is 10.1 Å².